The van der Waals surface area contributed by atoms with Crippen molar-refractivity contribution in [3.63, 3.8) is 0 Å². The molecule has 0 spiro atoms. The van der Waals surface area contributed by atoms with Gasteiger partial charge >= 0.3 is 0 Å². The summed E-state index contributed by atoms with van der Waals surface area (Å²) in [5.41, 5.74) is 7.25. The van der Waals surface area contributed by atoms with Gasteiger partial charge in [-0.15, -0.1) is 0 Å². The van der Waals surface area contributed by atoms with Crippen molar-refractivity contribution in [1.82, 2.24) is 0 Å². The second-order valence-electron chi connectivity index (χ2n) is 9.80. The number of hydrogen-bond acceptors (Lipinski definition) is 1. The maximum atomic E-state index is 6.08. The molecule has 0 rings (SSSR count). The van der Waals surface area contributed by atoms with Gasteiger partial charge in [0.2, 0.25) is 0 Å². The Bertz CT molecular complexity index is 329. The summed E-state index contributed by atoms with van der Waals surface area (Å²) in [5, 5.41) is 0. The molecule has 2 N–H and O–H groups in total. The van der Waals surface area contributed by atoms with Crippen LogP contribution in [0.3, 0.4) is 0 Å². The van der Waals surface area contributed by atoms with Gasteiger partial charge in [0.25, 0.3) is 0 Å². The molecule has 0 aromatic carbocycles. The monoisotopic (exact) mass is 311 g/mol. The number of hydrogen-bond donors (Lipinski definition) is 1. The summed E-state index contributed by atoms with van der Waals surface area (Å²) in [6.07, 6.45) is 6.32. The lowest BCUT2D eigenvalue weighted by Crippen LogP contribution is -2.52. The third kappa shape index (κ3) is 4.28. The lowest BCUT2D eigenvalue weighted by Gasteiger charge is -2.59. The van der Waals surface area contributed by atoms with Crippen molar-refractivity contribution in [3.05, 3.63) is 0 Å². The van der Waals surface area contributed by atoms with Crippen molar-refractivity contribution in [1.29, 1.82) is 0 Å². The minimum absolute atomic E-state index is 0.214. The van der Waals surface area contributed by atoms with Gasteiger partial charge in [0.1, 0.15) is 0 Å². The Kier molecular flexibility index (Phi) is 7.67. The zero-order chi connectivity index (χ0) is 17.8. The van der Waals surface area contributed by atoms with Crippen LogP contribution in [-0.2, 0) is 0 Å². The van der Waals surface area contributed by atoms with Crippen molar-refractivity contribution in [2.45, 2.75) is 101 Å². The smallest absolute Gasteiger partial charge is 0.00256 e. The molecule has 0 fully saturated rings. The van der Waals surface area contributed by atoms with Crippen LogP contribution in [0.2, 0.25) is 0 Å². The van der Waals surface area contributed by atoms with Crippen LogP contribution in [0.5, 0.6) is 0 Å². The SMILES string of the molecule is CCCC(C)(CC(C)(C)CN)C(C)(C)C(C)(CCC)C(C)C. The van der Waals surface area contributed by atoms with Crippen LogP contribution < -0.4 is 5.73 Å². The predicted molar refractivity (Wildman–Crippen MR) is 102 cm³/mol. The van der Waals surface area contributed by atoms with E-state index in [1.54, 1.807) is 0 Å². The molecule has 134 valence electrons. The first-order valence-corrected chi connectivity index (χ1v) is 9.53. The van der Waals surface area contributed by atoms with Crippen molar-refractivity contribution >= 4 is 0 Å². The molecule has 1 nitrogen and oxygen atoms in total. The van der Waals surface area contributed by atoms with Crippen LogP contribution in [0.4, 0.5) is 0 Å². The second kappa shape index (κ2) is 7.69. The quantitative estimate of drug-likeness (QED) is 0.480. The van der Waals surface area contributed by atoms with Crippen molar-refractivity contribution in [2.75, 3.05) is 6.54 Å². The Labute approximate surface area is 141 Å². The molecule has 0 aromatic rings. The maximum absolute atomic E-state index is 6.08. The average molecular weight is 312 g/mol. The third-order valence-corrected chi connectivity index (χ3v) is 7.20. The van der Waals surface area contributed by atoms with Crippen LogP contribution in [0.15, 0.2) is 0 Å². The van der Waals surface area contributed by atoms with Gasteiger partial charge < -0.3 is 5.73 Å². The Morgan fingerprint density at radius 2 is 1.27 bits per heavy atom. The molecule has 0 saturated heterocycles. The molecule has 22 heavy (non-hydrogen) atoms. The van der Waals surface area contributed by atoms with E-state index in [0.29, 0.717) is 16.7 Å². The molecule has 0 saturated carbocycles. The first-order chi connectivity index (χ1) is 9.83. The normalized spacial score (nSPS) is 19.1. The molecule has 0 aromatic heterocycles. The fraction of sp³-hybridized carbons (Fsp3) is 1.00. The molecule has 0 aliphatic heterocycles. The summed E-state index contributed by atoms with van der Waals surface area (Å²) in [7, 11) is 0. The summed E-state index contributed by atoms with van der Waals surface area (Å²) in [4.78, 5) is 0. The number of rotatable bonds is 10. The Morgan fingerprint density at radius 1 is 0.818 bits per heavy atom. The van der Waals surface area contributed by atoms with E-state index in [4.69, 9.17) is 5.73 Å². The predicted octanol–water partition coefficient (Wildman–Crippen LogP) is 6.66. The highest BCUT2D eigenvalue weighted by atomic mass is 14.6. The van der Waals surface area contributed by atoms with Gasteiger partial charge in [-0.2, -0.15) is 0 Å². The Balaban J connectivity index is 5.88. The third-order valence-electron chi connectivity index (χ3n) is 7.20. The summed E-state index contributed by atoms with van der Waals surface area (Å²) >= 11 is 0. The summed E-state index contributed by atoms with van der Waals surface area (Å²) in [6.45, 7) is 25.1. The topological polar surface area (TPSA) is 26.0 Å². The zero-order valence-corrected chi connectivity index (χ0v) is 17.4. The van der Waals surface area contributed by atoms with E-state index in [0.717, 1.165) is 6.54 Å². The molecule has 2 atom stereocenters. The molecule has 2 unspecified atom stereocenters. The first-order valence-electron chi connectivity index (χ1n) is 9.53. The maximum Gasteiger partial charge on any atom is -0.00256 e. The van der Waals surface area contributed by atoms with Crippen molar-refractivity contribution < 1.29 is 0 Å². The van der Waals surface area contributed by atoms with Gasteiger partial charge in [0.05, 0.1) is 0 Å². The van der Waals surface area contributed by atoms with Gasteiger partial charge in [-0.25, -0.2) is 0 Å². The lowest BCUT2D eigenvalue weighted by molar-refractivity contribution is -0.0988. The molecule has 0 amide bonds. The molecular formula is C21H45N. The Hall–Kier alpha value is -0.0400. The summed E-state index contributed by atoms with van der Waals surface area (Å²) < 4.78 is 0. The average Bonchev–Trinajstić information content (AvgIpc) is 2.37. The summed E-state index contributed by atoms with van der Waals surface area (Å²) in [6, 6.07) is 0. The highest BCUT2D eigenvalue weighted by Gasteiger charge is 2.53. The van der Waals surface area contributed by atoms with E-state index in [2.05, 4.69) is 69.2 Å². The second-order valence-corrected chi connectivity index (χ2v) is 9.80. The lowest BCUT2D eigenvalue weighted by atomic mass is 9.46. The zero-order valence-electron chi connectivity index (χ0n) is 17.4. The molecule has 0 aliphatic rings. The Morgan fingerprint density at radius 3 is 1.59 bits per heavy atom. The molecule has 1 heteroatoms. The van der Waals surface area contributed by atoms with Gasteiger partial charge in [-0.05, 0) is 53.4 Å². The van der Waals surface area contributed by atoms with E-state index in [1.165, 1.54) is 32.1 Å². The van der Waals surface area contributed by atoms with Crippen molar-refractivity contribution in [2.24, 2.45) is 33.3 Å². The van der Waals surface area contributed by atoms with Crippen LogP contribution in [0.25, 0.3) is 0 Å². The standard InChI is InChI=1S/C21H45N/c1-11-13-20(9,15-18(5,6)16-22)19(7,8)21(10,14-12-2)17(3)4/h17H,11-16,22H2,1-10H3. The van der Waals surface area contributed by atoms with Gasteiger partial charge in [0, 0.05) is 0 Å². The molecule has 0 radical (unpaired) electrons. The van der Waals surface area contributed by atoms with E-state index >= 15 is 0 Å². The minimum Gasteiger partial charge on any atom is -0.330 e. The fourth-order valence-electron chi connectivity index (χ4n) is 4.83. The number of nitrogens with two attached hydrogens (primary N) is 1. The largest absolute Gasteiger partial charge is 0.330 e. The van der Waals surface area contributed by atoms with Crippen LogP contribution in [-0.4, -0.2) is 6.54 Å². The van der Waals surface area contributed by atoms with E-state index in [1.807, 2.05) is 0 Å². The molecule has 0 aliphatic carbocycles. The van der Waals surface area contributed by atoms with Crippen molar-refractivity contribution in [3.8, 4) is 0 Å². The van der Waals surface area contributed by atoms with Gasteiger partial charge in [-0.1, -0.05) is 82.1 Å². The van der Waals surface area contributed by atoms with E-state index in [9.17, 15) is 0 Å². The first kappa shape index (κ1) is 22.0. The van der Waals surface area contributed by atoms with Crippen LogP contribution in [0, 0.1) is 27.6 Å². The van der Waals surface area contributed by atoms with E-state index in [-0.39, 0.29) is 10.8 Å². The van der Waals surface area contributed by atoms with Crippen LogP contribution in [0.1, 0.15) is 101 Å². The highest BCUT2D eigenvalue weighted by Crippen LogP contribution is 2.61. The molecule has 0 bridgehead atoms. The fourth-order valence-corrected chi connectivity index (χ4v) is 4.83. The summed E-state index contributed by atoms with van der Waals surface area (Å²) in [5.74, 6) is 0.694. The van der Waals surface area contributed by atoms with Crippen LogP contribution >= 0.6 is 0 Å². The highest BCUT2D eigenvalue weighted by molar-refractivity contribution is 5.03. The minimum atomic E-state index is 0.214. The van der Waals surface area contributed by atoms with Gasteiger partial charge in [-0.3, -0.25) is 0 Å². The molecule has 0 heterocycles. The molecular weight excluding hydrogens is 266 g/mol. The van der Waals surface area contributed by atoms with E-state index < -0.39 is 0 Å². The van der Waals surface area contributed by atoms with Gasteiger partial charge in [0.15, 0.2) is 0 Å².